The lowest BCUT2D eigenvalue weighted by Crippen LogP contribution is -2.23. The number of rotatable bonds is 8. The van der Waals surface area contributed by atoms with Crippen molar-refractivity contribution in [1.82, 2.24) is 0 Å². The van der Waals surface area contributed by atoms with Gasteiger partial charge in [0.15, 0.2) is 6.04 Å². The number of hydrogen-bond acceptors (Lipinski definition) is 6. The molecule has 8 nitrogen and oxygen atoms in total. The van der Waals surface area contributed by atoms with Crippen molar-refractivity contribution in [2.45, 2.75) is 12.5 Å². The van der Waals surface area contributed by atoms with Crippen LogP contribution in [-0.4, -0.2) is 41.7 Å². The molecule has 142 valence electrons. The van der Waals surface area contributed by atoms with Gasteiger partial charge in [0.25, 0.3) is 0 Å². The number of ether oxygens (including phenoxy) is 1. The van der Waals surface area contributed by atoms with Gasteiger partial charge in [-0.3, -0.25) is 5.41 Å². The number of carboxylic acid groups (broad SMARTS) is 1. The van der Waals surface area contributed by atoms with E-state index < -0.39 is 18.0 Å². The molecule has 1 atom stereocenters. The molecular formula is C19H21N3O5. The molecule has 8 heteroatoms. The molecule has 0 spiro atoms. The van der Waals surface area contributed by atoms with Crippen LogP contribution in [0.25, 0.3) is 0 Å². The Bertz CT molecular complexity index is 849. The van der Waals surface area contributed by atoms with E-state index in [1.54, 1.807) is 30.3 Å². The fourth-order valence-corrected chi connectivity index (χ4v) is 2.59. The summed E-state index contributed by atoms with van der Waals surface area (Å²) in [6.07, 6.45) is 0.259. The molecule has 0 aliphatic carbocycles. The van der Waals surface area contributed by atoms with E-state index in [1.165, 1.54) is 19.2 Å². The highest BCUT2D eigenvalue weighted by atomic mass is 16.5. The van der Waals surface area contributed by atoms with Crippen LogP contribution in [0.5, 0.6) is 0 Å². The highest BCUT2D eigenvalue weighted by Crippen LogP contribution is 2.24. The van der Waals surface area contributed by atoms with Crippen LogP contribution in [0, 0.1) is 5.41 Å². The summed E-state index contributed by atoms with van der Waals surface area (Å²) in [5, 5.41) is 28.9. The molecule has 2 aromatic rings. The van der Waals surface area contributed by atoms with Crippen LogP contribution in [0.1, 0.15) is 33.1 Å². The summed E-state index contributed by atoms with van der Waals surface area (Å²) in [6, 6.07) is 10.1. The molecule has 0 radical (unpaired) electrons. The Kier molecular flexibility index (Phi) is 6.51. The van der Waals surface area contributed by atoms with Crippen LogP contribution in [0.3, 0.4) is 0 Å². The second kappa shape index (κ2) is 8.81. The lowest BCUT2D eigenvalue weighted by molar-refractivity contribution is -0.141. The number of nitrogens with two attached hydrogens (primary N) is 1. The molecule has 2 rings (SSSR count). The maximum atomic E-state index is 12.3. The van der Waals surface area contributed by atoms with E-state index in [1.807, 2.05) is 0 Å². The van der Waals surface area contributed by atoms with Crippen molar-refractivity contribution in [2.24, 2.45) is 5.73 Å². The maximum Gasteiger partial charge on any atom is 0.335 e. The standard InChI is InChI=1S/C19H21N3O5/c1-27-19(26)16(22-15-4-2-12(3-5-15)17(20)21)13-8-11(6-7-23)9-14(10-13)18(24)25/h2-5,8-10,16,22-23H,6-7H2,1H3,(H3,20,21)(H,24,25). The Balaban J connectivity index is 2.42. The zero-order chi connectivity index (χ0) is 20.0. The minimum Gasteiger partial charge on any atom is -0.478 e. The van der Waals surface area contributed by atoms with Gasteiger partial charge in [0.05, 0.1) is 12.7 Å². The molecule has 0 aliphatic rings. The summed E-state index contributed by atoms with van der Waals surface area (Å²) in [6.45, 7) is -0.147. The Morgan fingerprint density at radius 1 is 1.19 bits per heavy atom. The lowest BCUT2D eigenvalue weighted by Gasteiger charge is -2.19. The van der Waals surface area contributed by atoms with Gasteiger partial charge in [-0.25, -0.2) is 9.59 Å². The number of hydrogen-bond donors (Lipinski definition) is 5. The van der Waals surface area contributed by atoms with Crippen molar-refractivity contribution >= 4 is 23.5 Å². The molecule has 6 N–H and O–H groups in total. The molecule has 0 amide bonds. The largest absolute Gasteiger partial charge is 0.478 e. The van der Waals surface area contributed by atoms with E-state index in [-0.39, 0.29) is 24.4 Å². The average Bonchev–Trinajstić information content (AvgIpc) is 2.65. The fraction of sp³-hybridized carbons (Fsp3) is 0.211. The molecule has 2 aromatic carbocycles. The number of nitrogen functional groups attached to an aromatic ring is 1. The number of aromatic carboxylic acids is 1. The van der Waals surface area contributed by atoms with Crippen LogP contribution in [0.2, 0.25) is 0 Å². The lowest BCUT2D eigenvalue weighted by atomic mass is 9.98. The number of benzene rings is 2. The second-order valence-electron chi connectivity index (χ2n) is 5.83. The van der Waals surface area contributed by atoms with E-state index in [2.05, 4.69) is 5.32 Å². The van der Waals surface area contributed by atoms with Crippen LogP contribution >= 0.6 is 0 Å². The number of esters is 1. The first-order chi connectivity index (χ1) is 12.8. The molecule has 1 unspecified atom stereocenters. The van der Waals surface area contributed by atoms with Gasteiger partial charge in [0.1, 0.15) is 5.84 Å². The molecule has 27 heavy (non-hydrogen) atoms. The number of methoxy groups -OCH3 is 1. The number of aliphatic hydroxyl groups is 1. The van der Waals surface area contributed by atoms with E-state index >= 15 is 0 Å². The quantitative estimate of drug-likeness (QED) is 0.269. The minimum absolute atomic E-state index is 0.0126. The van der Waals surface area contributed by atoms with Crippen molar-refractivity contribution in [3.05, 3.63) is 64.7 Å². The van der Waals surface area contributed by atoms with Crippen LogP contribution in [0.15, 0.2) is 42.5 Å². The fourth-order valence-electron chi connectivity index (χ4n) is 2.59. The Hall–Kier alpha value is -3.39. The van der Waals surface area contributed by atoms with Crippen LogP contribution < -0.4 is 11.1 Å². The first-order valence-electron chi connectivity index (χ1n) is 8.12. The molecule has 0 saturated carbocycles. The van der Waals surface area contributed by atoms with E-state index in [9.17, 15) is 14.7 Å². The van der Waals surface area contributed by atoms with Gasteiger partial charge < -0.3 is 26.0 Å². The van der Waals surface area contributed by atoms with E-state index in [0.717, 1.165) is 0 Å². The van der Waals surface area contributed by atoms with Crippen molar-refractivity contribution in [3.63, 3.8) is 0 Å². The highest BCUT2D eigenvalue weighted by molar-refractivity contribution is 5.95. The average molecular weight is 371 g/mol. The number of nitrogens with one attached hydrogen (secondary N) is 2. The van der Waals surface area contributed by atoms with E-state index in [4.69, 9.17) is 21.0 Å². The SMILES string of the molecule is COC(=O)C(Nc1ccc(C(=N)N)cc1)c1cc(CCO)cc(C(=O)O)c1. The Labute approximate surface area is 156 Å². The van der Waals surface area contributed by atoms with Gasteiger partial charge in [0, 0.05) is 17.9 Å². The topological polar surface area (TPSA) is 146 Å². The summed E-state index contributed by atoms with van der Waals surface area (Å²) in [7, 11) is 1.24. The van der Waals surface area contributed by atoms with Gasteiger partial charge in [-0.05, 0) is 53.9 Å². The van der Waals surface area contributed by atoms with Gasteiger partial charge in [-0.1, -0.05) is 6.07 Å². The molecule has 0 fully saturated rings. The third-order valence-corrected chi connectivity index (χ3v) is 3.94. The third-order valence-electron chi connectivity index (χ3n) is 3.94. The molecule has 0 saturated heterocycles. The summed E-state index contributed by atoms with van der Waals surface area (Å²) < 4.78 is 4.85. The summed E-state index contributed by atoms with van der Waals surface area (Å²) in [4.78, 5) is 23.7. The van der Waals surface area contributed by atoms with Crippen molar-refractivity contribution in [2.75, 3.05) is 19.0 Å². The van der Waals surface area contributed by atoms with Gasteiger partial charge in [-0.2, -0.15) is 0 Å². The van der Waals surface area contributed by atoms with Crippen LogP contribution in [0.4, 0.5) is 5.69 Å². The minimum atomic E-state index is -1.13. The first kappa shape index (κ1) is 19.9. The third kappa shape index (κ3) is 5.05. The van der Waals surface area contributed by atoms with Gasteiger partial charge in [0.2, 0.25) is 0 Å². The van der Waals surface area contributed by atoms with Crippen LogP contribution in [-0.2, 0) is 16.0 Å². The number of anilines is 1. The monoisotopic (exact) mass is 371 g/mol. The van der Waals surface area contributed by atoms with Gasteiger partial charge >= 0.3 is 11.9 Å². The van der Waals surface area contributed by atoms with Crippen molar-refractivity contribution < 1.29 is 24.5 Å². The smallest absolute Gasteiger partial charge is 0.335 e. The number of carboxylic acids is 1. The molecule has 0 aromatic heterocycles. The second-order valence-corrected chi connectivity index (χ2v) is 5.83. The Morgan fingerprint density at radius 3 is 2.37 bits per heavy atom. The number of carbonyl (C=O) groups is 2. The molecule has 0 bridgehead atoms. The predicted molar refractivity (Wildman–Crippen MR) is 100 cm³/mol. The Morgan fingerprint density at radius 2 is 1.85 bits per heavy atom. The number of carbonyl (C=O) groups excluding carboxylic acids is 1. The summed E-state index contributed by atoms with van der Waals surface area (Å²) in [5.74, 6) is -1.80. The first-order valence-corrected chi connectivity index (χ1v) is 8.12. The van der Waals surface area contributed by atoms with Crippen molar-refractivity contribution in [1.29, 1.82) is 5.41 Å². The molecule has 0 aliphatic heterocycles. The van der Waals surface area contributed by atoms with Gasteiger partial charge in [-0.15, -0.1) is 0 Å². The zero-order valence-electron chi connectivity index (χ0n) is 14.7. The molecular weight excluding hydrogens is 350 g/mol. The van der Waals surface area contributed by atoms with E-state index in [0.29, 0.717) is 22.4 Å². The normalized spacial score (nSPS) is 11.5. The molecule has 0 heterocycles. The maximum absolute atomic E-state index is 12.3. The number of amidine groups is 1. The number of aliphatic hydroxyl groups excluding tert-OH is 1. The zero-order valence-corrected chi connectivity index (χ0v) is 14.7. The highest BCUT2D eigenvalue weighted by Gasteiger charge is 2.23. The summed E-state index contributed by atoms with van der Waals surface area (Å²) in [5.41, 5.74) is 7.54. The van der Waals surface area contributed by atoms with Crippen molar-refractivity contribution in [3.8, 4) is 0 Å². The predicted octanol–water partition coefficient (Wildman–Crippen LogP) is 1.53. The summed E-state index contributed by atoms with van der Waals surface area (Å²) >= 11 is 0.